The summed E-state index contributed by atoms with van der Waals surface area (Å²) >= 11 is 2.41. The van der Waals surface area contributed by atoms with Gasteiger partial charge in [-0.1, -0.05) is 123 Å². The maximum absolute atomic E-state index is 7.65. The Hall–Kier alpha value is -5.26. The molecule has 0 aliphatic carbocycles. The first-order valence-electron chi connectivity index (χ1n) is 18.8. The number of fused-ring (bicyclic) bond motifs is 7. The quantitative estimate of drug-likeness (QED) is 0.112. The highest BCUT2D eigenvalue weighted by Crippen LogP contribution is 2.55. The van der Waals surface area contributed by atoms with Crippen LogP contribution in [-0.2, 0) is 6.42 Å². The molecule has 2 heterocycles. The predicted octanol–water partition coefficient (Wildman–Crippen LogP) is 14.6. The number of ether oxygens (including phenoxy) is 1. The summed E-state index contributed by atoms with van der Waals surface area (Å²) in [7, 11) is -3.26. The molecular formula is C48H35IO5P2. The fraction of sp³-hybridized carbons (Fsp3) is 0.0833. The number of para-hydroxylation sites is 4. The molecule has 0 unspecified atom stereocenters. The van der Waals surface area contributed by atoms with Gasteiger partial charge in [0.1, 0.15) is 28.4 Å². The summed E-state index contributed by atoms with van der Waals surface area (Å²) in [4.78, 5) is 0. The van der Waals surface area contributed by atoms with Crippen LogP contribution in [0.15, 0.2) is 166 Å². The van der Waals surface area contributed by atoms with Gasteiger partial charge in [-0.05, 0) is 111 Å². The average Bonchev–Trinajstić information content (AvgIpc) is 3.39. The van der Waals surface area contributed by atoms with E-state index in [2.05, 4.69) is 127 Å². The van der Waals surface area contributed by atoms with Crippen molar-refractivity contribution in [3.05, 3.63) is 167 Å². The zero-order valence-electron chi connectivity index (χ0n) is 30.4. The van der Waals surface area contributed by atoms with Gasteiger partial charge < -0.3 is 22.2 Å². The van der Waals surface area contributed by atoms with E-state index in [1.807, 2.05) is 60.7 Å². The summed E-state index contributed by atoms with van der Waals surface area (Å²) in [5.41, 5.74) is 4.54. The molecule has 0 saturated carbocycles. The van der Waals surface area contributed by atoms with Crippen molar-refractivity contribution in [3.63, 3.8) is 0 Å². The highest BCUT2D eigenvalue weighted by atomic mass is 127. The van der Waals surface area contributed by atoms with E-state index < -0.39 is 16.4 Å². The largest absolute Gasteiger partial charge is 0.463 e. The van der Waals surface area contributed by atoms with Gasteiger partial charge >= 0.3 is 8.24 Å². The zero-order valence-corrected chi connectivity index (χ0v) is 34.4. The fourth-order valence-corrected chi connectivity index (χ4v) is 11.5. The SMILES string of the molecule is CCCCc1cc2ccccc2c(-c2c(Op3oc4ccccc4c4ccccc4o3)c(I)cc3ccccc23)c1OP1c2ccccc2Oc2ccccc21. The number of hydrogen-bond donors (Lipinski definition) is 0. The molecule has 0 spiro atoms. The Bertz CT molecular complexity index is 2890. The molecule has 0 amide bonds. The summed E-state index contributed by atoms with van der Waals surface area (Å²) in [6, 6.07) is 54.3. The van der Waals surface area contributed by atoms with E-state index in [1.54, 1.807) is 0 Å². The Kier molecular flexibility index (Phi) is 9.43. The van der Waals surface area contributed by atoms with Crippen molar-refractivity contribution in [2.24, 2.45) is 0 Å². The van der Waals surface area contributed by atoms with E-state index in [4.69, 9.17) is 22.2 Å². The van der Waals surface area contributed by atoms with Gasteiger partial charge in [0.15, 0.2) is 13.9 Å². The van der Waals surface area contributed by atoms with Crippen molar-refractivity contribution in [1.82, 2.24) is 0 Å². The molecule has 1 aromatic heterocycles. The van der Waals surface area contributed by atoms with Crippen molar-refractivity contribution >= 4 is 93.1 Å². The predicted molar refractivity (Wildman–Crippen MR) is 240 cm³/mol. The van der Waals surface area contributed by atoms with Crippen LogP contribution in [0.5, 0.6) is 23.0 Å². The Morgan fingerprint density at radius 2 is 1.04 bits per heavy atom. The number of benzene rings is 8. The summed E-state index contributed by atoms with van der Waals surface area (Å²) < 4.78 is 35.5. The molecule has 274 valence electrons. The van der Waals surface area contributed by atoms with Crippen LogP contribution in [0.25, 0.3) is 54.6 Å². The average molecular weight is 881 g/mol. The number of aryl methyl sites for hydroxylation is 1. The standard InChI is InChI=1S/C48H35IO5P2/c1-2-3-16-33-29-31-17-4-6-19-34(31)45(47(33)53-55-43-27-14-12-25-41(43)50-42-26-13-15-28-44(42)55)46-35-20-7-5-18-32(35)30-38(49)48(46)54-56-51-39-23-10-8-21-36(39)37-22-9-11-24-40(37)52-56/h4-15,17-30H,2-3,16H2,1H3. The maximum atomic E-state index is 7.65. The third-order valence-electron chi connectivity index (χ3n) is 10.2. The van der Waals surface area contributed by atoms with E-state index in [9.17, 15) is 0 Å². The molecule has 0 radical (unpaired) electrons. The summed E-state index contributed by atoms with van der Waals surface area (Å²) in [6.45, 7) is 2.24. The van der Waals surface area contributed by atoms with Crippen LogP contribution in [0.1, 0.15) is 25.3 Å². The molecule has 0 N–H and O–H groups in total. The topological polar surface area (TPSA) is 54.0 Å². The molecule has 1 aliphatic heterocycles. The molecule has 1 aliphatic rings. The normalized spacial score (nSPS) is 12.4. The minimum atomic E-state index is -1.94. The van der Waals surface area contributed by atoms with Crippen LogP contribution in [0.3, 0.4) is 0 Å². The highest BCUT2D eigenvalue weighted by Gasteiger charge is 2.33. The van der Waals surface area contributed by atoms with Crippen LogP contribution in [-0.4, -0.2) is 0 Å². The number of hydrogen-bond acceptors (Lipinski definition) is 5. The molecule has 0 saturated heterocycles. The van der Waals surface area contributed by atoms with Gasteiger partial charge in [0, 0.05) is 21.9 Å². The van der Waals surface area contributed by atoms with Gasteiger partial charge in [0.25, 0.3) is 0 Å². The van der Waals surface area contributed by atoms with Crippen molar-refractivity contribution in [2.45, 2.75) is 26.2 Å². The Labute approximate surface area is 340 Å². The number of unbranched alkanes of at least 4 members (excludes halogenated alkanes) is 1. The molecule has 56 heavy (non-hydrogen) atoms. The second-order valence-corrected chi connectivity index (χ2v) is 17.7. The Morgan fingerprint density at radius 3 is 1.64 bits per heavy atom. The lowest BCUT2D eigenvalue weighted by atomic mass is 9.89. The van der Waals surface area contributed by atoms with Gasteiger partial charge in [-0.3, -0.25) is 0 Å². The van der Waals surface area contributed by atoms with Gasteiger partial charge in [-0.2, -0.15) is 0 Å². The first kappa shape index (κ1) is 35.2. The third-order valence-corrected chi connectivity index (χ3v) is 14.0. The fourth-order valence-electron chi connectivity index (χ4n) is 7.61. The van der Waals surface area contributed by atoms with E-state index >= 15 is 0 Å². The van der Waals surface area contributed by atoms with Crippen molar-refractivity contribution < 1.29 is 22.2 Å². The van der Waals surface area contributed by atoms with E-state index in [0.717, 1.165) is 111 Å². The number of rotatable bonds is 8. The molecular weight excluding hydrogens is 845 g/mol. The maximum Gasteiger partial charge on any atom is 0.453 e. The zero-order chi connectivity index (χ0) is 37.6. The van der Waals surface area contributed by atoms with Gasteiger partial charge in [-0.15, -0.1) is 0 Å². The summed E-state index contributed by atoms with van der Waals surface area (Å²) in [5, 5.41) is 8.41. The molecule has 0 fully saturated rings. The summed E-state index contributed by atoms with van der Waals surface area (Å²) in [6.07, 6.45) is 2.93. The van der Waals surface area contributed by atoms with Crippen molar-refractivity contribution in [3.8, 4) is 34.1 Å². The molecule has 0 bridgehead atoms. The lowest BCUT2D eigenvalue weighted by Gasteiger charge is -2.30. The van der Waals surface area contributed by atoms with Gasteiger partial charge in [0.05, 0.1) is 14.2 Å². The lowest BCUT2D eigenvalue weighted by Crippen LogP contribution is -2.24. The first-order chi connectivity index (χ1) is 27.6. The molecule has 8 heteroatoms. The summed E-state index contributed by atoms with van der Waals surface area (Å²) in [5.74, 6) is 3.20. The second kappa shape index (κ2) is 15.0. The monoisotopic (exact) mass is 880 g/mol. The Balaban J connectivity index is 1.28. The molecule has 10 rings (SSSR count). The molecule has 8 aromatic carbocycles. The minimum Gasteiger partial charge on any atom is -0.463 e. The van der Waals surface area contributed by atoms with Crippen LogP contribution in [0.2, 0.25) is 0 Å². The van der Waals surface area contributed by atoms with Gasteiger partial charge in [-0.25, -0.2) is 0 Å². The van der Waals surface area contributed by atoms with Crippen molar-refractivity contribution in [2.75, 3.05) is 0 Å². The van der Waals surface area contributed by atoms with E-state index in [0.29, 0.717) is 5.75 Å². The highest BCUT2D eigenvalue weighted by molar-refractivity contribution is 14.1. The van der Waals surface area contributed by atoms with Crippen LogP contribution in [0, 0.1) is 3.57 Å². The van der Waals surface area contributed by atoms with E-state index in [-0.39, 0.29) is 0 Å². The van der Waals surface area contributed by atoms with Crippen LogP contribution in [0.4, 0.5) is 0 Å². The molecule has 9 aromatic rings. The number of halogens is 1. The van der Waals surface area contributed by atoms with Gasteiger partial charge in [0.2, 0.25) is 0 Å². The molecule has 0 atom stereocenters. The van der Waals surface area contributed by atoms with Crippen LogP contribution >= 0.6 is 39.0 Å². The Morgan fingerprint density at radius 1 is 0.536 bits per heavy atom. The lowest BCUT2D eigenvalue weighted by molar-refractivity contribution is 0.485. The van der Waals surface area contributed by atoms with E-state index in [1.165, 1.54) is 0 Å². The first-order valence-corrected chi connectivity index (χ1v) is 22.2. The van der Waals surface area contributed by atoms with Crippen molar-refractivity contribution in [1.29, 1.82) is 0 Å². The van der Waals surface area contributed by atoms with Crippen LogP contribution < -0.4 is 24.4 Å². The molecule has 5 nitrogen and oxygen atoms in total. The second-order valence-electron chi connectivity index (χ2n) is 13.8. The third kappa shape index (κ3) is 6.30. The smallest absolute Gasteiger partial charge is 0.453 e. The minimum absolute atomic E-state index is 0.690.